The Bertz CT molecular complexity index is 1330. The Balaban J connectivity index is 1.71. The topological polar surface area (TPSA) is 163 Å². The normalized spacial score (nSPS) is 10.5. The van der Waals surface area contributed by atoms with Crippen LogP contribution < -0.4 is 14.9 Å². The molecule has 0 unspecified atom stereocenters. The van der Waals surface area contributed by atoms with Gasteiger partial charge in [-0.3, -0.25) is 25.0 Å². The second-order valence-corrected chi connectivity index (χ2v) is 7.60. The highest BCUT2D eigenvalue weighted by molar-refractivity contribution is 9.10. The fourth-order valence-electron chi connectivity index (χ4n) is 2.70. The molecule has 0 atom stereocenters. The Labute approximate surface area is 205 Å². The average molecular weight is 543 g/mol. The molecule has 0 heterocycles. The molecule has 0 bridgehead atoms. The molecule has 13 heteroatoms. The van der Waals surface area contributed by atoms with Gasteiger partial charge in [0, 0.05) is 28.2 Å². The number of carbonyl (C=O) groups excluding carboxylic acids is 2. The highest BCUT2D eigenvalue weighted by Gasteiger charge is 2.16. The van der Waals surface area contributed by atoms with E-state index in [1.807, 2.05) is 0 Å². The summed E-state index contributed by atoms with van der Waals surface area (Å²) in [5.41, 5.74) is 1.82. The van der Waals surface area contributed by atoms with E-state index in [1.54, 1.807) is 18.2 Å². The number of hydrazone groups is 1. The Kier molecular flexibility index (Phi) is 8.19. The maximum absolute atomic E-state index is 12.5. The maximum atomic E-state index is 12.5. The third-order valence-corrected chi connectivity index (χ3v) is 4.77. The van der Waals surface area contributed by atoms with Crippen molar-refractivity contribution in [3.05, 3.63) is 103 Å². The highest BCUT2D eigenvalue weighted by Crippen LogP contribution is 2.26. The van der Waals surface area contributed by atoms with Gasteiger partial charge >= 0.3 is 11.7 Å². The largest absolute Gasteiger partial charge is 0.477 e. The van der Waals surface area contributed by atoms with Gasteiger partial charge in [-0.15, -0.1) is 0 Å². The molecule has 3 aromatic rings. The van der Waals surface area contributed by atoms with Crippen LogP contribution in [0.2, 0.25) is 0 Å². The molecule has 3 aromatic carbocycles. The molecular weight excluding hydrogens is 528 g/mol. The van der Waals surface area contributed by atoms with E-state index in [-0.39, 0.29) is 34.0 Å². The lowest BCUT2D eigenvalue weighted by Crippen LogP contribution is -2.24. The summed E-state index contributed by atoms with van der Waals surface area (Å²) in [5.74, 6) is -1.60. The van der Waals surface area contributed by atoms with Gasteiger partial charge in [0.25, 0.3) is 11.6 Å². The predicted molar refractivity (Wildman–Crippen MR) is 127 cm³/mol. The molecular formula is C22H15BrN4O8. The Hall–Kier alpha value is -4.65. The summed E-state index contributed by atoms with van der Waals surface area (Å²) >= 11 is 3.25. The number of halogens is 1. The third-order valence-electron chi connectivity index (χ3n) is 4.28. The minimum atomic E-state index is -0.752. The van der Waals surface area contributed by atoms with E-state index < -0.39 is 28.3 Å². The number of nitrogens with zero attached hydrogens (tertiary/aromatic N) is 3. The molecule has 0 saturated heterocycles. The molecule has 0 aliphatic heterocycles. The van der Waals surface area contributed by atoms with Gasteiger partial charge in [-0.05, 0) is 30.3 Å². The number of benzene rings is 3. The first kappa shape index (κ1) is 25.0. The number of para-hydroxylation sites is 2. The van der Waals surface area contributed by atoms with E-state index in [0.717, 1.165) is 18.3 Å². The first-order chi connectivity index (χ1) is 16.7. The van der Waals surface area contributed by atoms with E-state index in [1.165, 1.54) is 36.4 Å². The van der Waals surface area contributed by atoms with Crippen molar-refractivity contribution in [3.63, 3.8) is 0 Å². The van der Waals surface area contributed by atoms with E-state index in [9.17, 15) is 29.8 Å². The monoisotopic (exact) mass is 542 g/mol. The summed E-state index contributed by atoms with van der Waals surface area (Å²) in [6.45, 7) is -0.581. The number of nitro groups is 2. The van der Waals surface area contributed by atoms with Crippen molar-refractivity contribution in [2.75, 3.05) is 6.61 Å². The van der Waals surface area contributed by atoms with Crippen LogP contribution in [0.1, 0.15) is 15.9 Å². The van der Waals surface area contributed by atoms with E-state index in [4.69, 9.17) is 9.47 Å². The molecule has 0 saturated carbocycles. The van der Waals surface area contributed by atoms with Gasteiger partial charge in [0.1, 0.15) is 5.75 Å². The number of ether oxygens (including phenoxy) is 2. The van der Waals surface area contributed by atoms with Crippen molar-refractivity contribution in [3.8, 4) is 11.5 Å². The van der Waals surface area contributed by atoms with Crippen molar-refractivity contribution < 1.29 is 28.9 Å². The number of nitro benzene ring substituents is 2. The van der Waals surface area contributed by atoms with Crippen LogP contribution in [0.15, 0.2) is 76.3 Å². The van der Waals surface area contributed by atoms with Crippen molar-refractivity contribution in [2.45, 2.75) is 0 Å². The van der Waals surface area contributed by atoms with E-state index in [2.05, 4.69) is 26.5 Å². The first-order valence-electron chi connectivity index (χ1n) is 9.69. The van der Waals surface area contributed by atoms with E-state index >= 15 is 0 Å². The van der Waals surface area contributed by atoms with Gasteiger partial charge in [0.2, 0.25) is 0 Å². The summed E-state index contributed by atoms with van der Waals surface area (Å²) < 4.78 is 11.2. The van der Waals surface area contributed by atoms with Crippen molar-refractivity contribution >= 4 is 45.4 Å². The number of hydrogen-bond acceptors (Lipinski definition) is 9. The van der Waals surface area contributed by atoms with Gasteiger partial charge in [-0.25, -0.2) is 10.2 Å². The van der Waals surface area contributed by atoms with Crippen molar-refractivity contribution in [1.29, 1.82) is 0 Å². The molecule has 0 aliphatic carbocycles. The summed E-state index contributed by atoms with van der Waals surface area (Å²) in [4.78, 5) is 45.3. The van der Waals surface area contributed by atoms with Crippen LogP contribution in [0, 0.1) is 20.2 Å². The van der Waals surface area contributed by atoms with E-state index in [0.29, 0.717) is 4.47 Å². The number of rotatable bonds is 9. The molecule has 12 nitrogen and oxygen atoms in total. The van der Waals surface area contributed by atoms with Crippen LogP contribution in [-0.2, 0) is 4.79 Å². The second kappa shape index (κ2) is 11.5. The summed E-state index contributed by atoms with van der Waals surface area (Å²) in [6, 6.07) is 15.5. The van der Waals surface area contributed by atoms with Gasteiger partial charge in [0.05, 0.1) is 21.6 Å². The lowest BCUT2D eigenvalue weighted by atomic mass is 10.2. The fourth-order valence-corrected chi connectivity index (χ4v) is 3.10. The Morgan fingerprint density at radius 1 is 0.971 bits per heavy atom. The van der Waals surface area contributed by atoms with Crippen LogP contribution in [0.4, 0.5) is 11.4 Å². The van der Waals surface area contributed by atoms with Crippen molar-refractivity contribution in [2.24, 2.45) is 5.10 Å². The third kappa shape index (κ3) is 6.91. The summed E-state index contributed by atoms with van der Waals surface area (Å²) in [6.07, 6.45) is 1.05. The Morgan fingerprint density at radius 3 is 2.46 bits per heavy atom. The molecule has 0 aromatic heterocycles. The minimum Gasteiger partial charge on any atom is -0.477 e. The van der Waals surface area contributed by atoms with Gasteiger partial charge in [-0.1, -0.05) is 34.1 Å². The summed E-state index contributed by atoms with van der Waals surface area (Å²) in [5, 5.41) is 25.8. The number of esters is 1. The quantitative estimate of drug-likeness (QED) is 0.139. The SMILES string of the molecule is O=C(COc1ccccc1[N+](=O)[O-])N/N=C\c1cc([N+](=O)[O-])ccc1OC(=O)c1cccc(Br)c1. The van der Waals surface area contributed by atoms with Gasteiger partial charge in [0.15, 0.2) is 12.4 Å². The number of non-ortho nitro benzene ring substituents is 1. The lowest BCUT2D eigenvalue weighted by molar-refractivity contribution is -0.385. The number of carbonyl (C=O) groups is 2. The predicted octanol–water partition coefficient (Wildman–Crippen LogP) is 4.01. The molecule has 1 N–H and O–H groups in total. The molecule has 1 amide bonds. The van der Waals surface area contributed by atoms with Crippen molar-refractivity contribution in [1.82, 2.24) is 5.43 Å². The second-order valence-electron chi connectivity index (χ2n) is 6.69. The highest BCUT2D eigenvalue weighted by atomic mass is 79.9. The van der Waals surface area contributed by atoms with Gasteiger partial charge < -0.3 is 9.47 Å². The van der Waals surface area contributed by atoms with Crippen LogP contribution in [0.5, 0.6) is 11.5 Å². The molecule has 178 valence electrons. The zero-order chi connectivity index (χ0) is 25.4. The summed E-state index contributed by atoms with van der Waals surface area (Å²) in [7, 11) is 0. The number of hydrogen-bond donors (Lipinski definition) is 1. The smallest absolute Gasteiger partial charge is 0.343 e. The number of amides is 1. The standard InChI is InChI=1S/C22H15BrN4O8/c23-16-5-3-4-14(10-16)22(29)35-19-9-8-17(26(30)31)11-15(19)12-24-25-21(28)13-34-20-7-2-1-6-18(20)27(32)33/h1-12H,13H2,(H,25,28)/b24-12-. The van der Waals surface area contributed by atoms with Gasteiger partial charge in [-0.2, -0.15) is 5.10 Å². The average Bonchev–Trinajstić information content (AvgIpc) is 2.83. The van der Waals surface area contributed by atoms with Crippen LogP contribution in [0.3, 0.4) is 0 Å². The minimum absolute atomic E-state index is 0.0327. The zero-order valence-electron chi connectivity index (χ0n) is 17.6. The first-order valence-corrected chi connectivity index (χ1v) is 10.5. The molecule has 3 rings (SSSR count). The van der Waals surface area contributed by atoms with Crippen LogP contribution in [-0.4, -0.2) is 34.5 Å². The number of nitrogens with one attached hydrogen (secondary N) is 1. The molecule has 0 aliphatic rings. The molecule has 35 heavy (non-hydrogen) atoms. The Morgan fingerprint density at radius 2 is 1.74 bits per heavy atom. The van der Waals surface area contributed by atoms with Crippen LogP contribution in [0.25, 0.3) is 0 Å². The fraction of sp³-hybridized carbons (Fsp3) is 0.0455. The molecule has 0 fully saturated rings. The van der Waals surface area contributed by atoms with Crippen LogP contribution >= 0.6 is 15.9 Å². The molecule has 0 radical (unpaired) electrons. The zero-order valence-corrected chi connectivity index (χ0v) is 19.2. The molecule has 0 spiro atoms. The lowest BCUT2D eigenvalue weighted by Gasteiger charge is -2.08. The maximum Gasteiger partial charge on any atom is 0.343 e.